The van der Waals surface area contributed by atoms with Gasteiger partial charge in [0.05, 0.1) is 12.1 Å². The first-order valence-corrected chi connectivity index (χ1v) is 5.63. The maximum atomic E-state index is 11.7. The number of aliphatic hydroxyl groups is 1. The van der Waals surface area contributed by atoms with E-state index in [1.807, 2.05) is 0 Å². The summed E-state index contributed by atoms with van der Waals surface area (Å²) in [7, 11) is 0. The molecular formula is C10H12BrNO3. The van der Waals surface area contributed by atoms with Crippen molar-refractivity contribution in [2.45, 2.75) is 24.8 Å². The molecule has 1 saturated carbocycles. The Hall–Kier alpha value is -0.810. The number of nitrogens with one attached hydrogen (secondary N) is 1. The number of carbonyl (C=O) groups excluding carboxylic acids is 1. The Morgan fingerprint density at radius 1 is 1.60 bits per heavy atom. The highest BCUT2D eigenvalue weighted by atomic mass is 79.9. The van der Waals surface area contributed by atoms with Crippen LogP contribution in [0, 0.1) is 0 Å². The first kappa shape index (κ1) is 10.7. The van der Waals surface area contributed by atoms with Gasteiger partial charge in [-0.1, -0.05) is 0 Å². The van der Waals surface area contributed by atoms with Gasteiger partial charge >= 0.3 is 0 Å². The highest BCUT2D eigenvalue weighted by molar-refractivity contribution is 9.10. The summed E-state index contributed by atoms with van der Waals surface area (Å²) in [5, 5.41) is 12.0. The third-order valence-corrected chi connectivity index (χ3v) is 3.22. The molecule has 0 spiro atoms. The Kier molecular flexibility index (Phi) is 2.84. The fourth-order valence-electron chi connectivity index (χ4n) is 1.66. The number of halogens is 1. The Bertz CT molecular complexity index is 365. The number of carbonyl (C=O) groups is 1. The van der Waals surface area contributed by atoms with Crippen molar-refractivity contribution in [3.05, 3.63) is 22.6 Å². The Balaban J connectivity index is 2.03. The van der Waals surface area contributed by atoms with Crippen LogP contribution in [0.5, 0.6) is 0 Å². The van der Waals surface area contributed by atoms with Gasteiger partial charge in [-0.3, -0.25) is 4.79 Å². The van der Waals surface area contributed by atoms with E-state index in [-0.39, 0.29) is 18.3 Å². The van der Waals surface area contributed by atoms with Gasteiger partial charge in [-0.05, 0) is 47.3 Å². The summed E-state index contributed by atoms with van der Waals surface area (Å²) in [6, 6.07) is 3.27. The predicted octanol–water partition coefficient (Wildman–Crippen LogP) is 1.69. The molecular weight excluding hydrogens is 262 g/mol. The van der Waals surface area contributed by atoms with Crippen LogP contribution in [0.2, 0.25) is 0 Å². The molecule has 2 rings (SSSR count). The van der Waals surface area contributed by atoms with E-state index < -0.39 is 5.54 Å². The molecule has 0 aliphatic heterocycles. The first-order valence-electron chi connectivity index (χ1n) is 4.84. The van der Waals surface area contributed by atoms with Crippen LogP contribution >= 0.6 is 15.9 Å². The lowest BCUT2D eigenvalue weighted by molar-refractivity contribution is 0.0619. The SMILES string of the molecule is O=C(NC1(CO)CCC1)c1ccc(Br)o1. The van der Waals surface area contributed by atoms with Gasteiger partial charge in [0.25, 0.3) is 5.91 Å². The lowest BCUT2D eigenvalue weighted by Gasteiger charge is -2.40. The number of rotatable bonds is 3. The van der Waals surface area contributed by atoms with Crippen molar-refractivity contribution in [2.24, 2.45) is 0 Å². The van der Waals surface area contributed by atoms with Gasteiger partial charge in [-0.15, -0.1) is 0 Å². The molecule has 5 heteroatoms. The average molecular weight is 274 g/mol. The number of amides is 1. The second kappa shape index (κ2) is 3.98. The van der Waals surface area contributed by atoms with Crippen molar-refractivity contribution in [2.75, 3.05) is 6.61 Å². The van der Waals surface area contributed by atoms with Gasteiger partial charge < -0.3 is 14.8 Å². The van der Waals surface area contributed by atoms with E-state index in [0.29, 0.717) is 4.67 Å². The van der Waals surface area contributed by atoms with Gasteiger partial charge in [0.1, 0.15) is 0 Å². The van der Waals surface area contributed by atoms with Gasteiger partial charge in [-0.25, -0.2) is 0 Å². The molecule has 82 valence electrons. The van der Waals surface area contributed by atoms with Crippen LogP contribution in [0.4, 0.5) is 0 Å². The highest BCUT2D eigenvalue weighted by Crippen LogP contribution is 2.31. The summed E-state index contributed by atoms with van der Waals surface area (Å²) < 4.78 is 5.65. The van der Waals surface area contributed by atoms with E-state index in [0.717, 1.165) is 19.3 Å². The molecule has 1 heterocycles. The molecule has 1 amide bonds. The minimum atomic E-state index is -0.420. The molecule has 1 fully saturated rings. The summed E-state index contributed by atoms with van der Waals surface area (Å²) in [5.74, 6) is -0.00366. The Morgan fingerprint density at radius 2 is 2.33 bits per heavy atom. The molecule has 0 radical (unpaired) electrons. The van der Waals surface area contributed by atoms with E-state index in [1.54, 1.807) is 12.1 Å². The molecule has 1 aromatic rings. The minimum absolute atomic E-state index is 0.0133. The number of hydrogen-bond acceptors (Lipinski definition) is 3. The van der Waals surface area contributed by atoms with E-state index >= 15 is 0 Å². The highest BCUT2D eigenvalue weighted by Gasteiger charge is 2.38. The van der Waals surface area contributed by atoms with Gasteiger partial charge in [0, 0.05) is 0 Å². The van der Waals surface area contributed by atoms with E-state index in [9.17, 15) is 9.90 Å². The molecule has 0 aromatic carbocycles. The normalized spacial score (nSPS) is 18.3. The van der Waals surface area contributed by atoms with Crippen LogP contribution in [0.15, 0.2) is 21.2 Å². The molecule has 0 saturated heterocycles. The summed E-state index contributed by atoms with van der Waals surface area (Å²) >= 11 is 3.13. The topological polar surface area (TPSA) is 62.5 Å². The van der Waals surface area contributed by atoms with Crippen molar-refractivity contribution >= 4 is 21.8 Å². The van der Waals surface area contributed by atoms with E-state index in [1.165, 1.54) is 0 Å². The lowest BCUT2D eigenvalue weighted by atomic mass is 9.77. The zero-order valence-electron chi connectivity index (χ0n) is 8.12. The first-order chi connectivity index (χ1) is 7.15. The molecule has 1 aromatic heterocycles. The maximum Gasteiger partial charge on any atom is 0.287 e. The van der Waals surface area contributed by atoms with Gasteiger partial charge in [-0.2, -0.15) is 0 Å². The van der Waals surface area contributed by atoms with Crippen LogP contribution in [-0.4, -0.2) is 23.2 Å². The zero-order valence-corrected chi connectivity index (χ0v) is 9.71. The third kappa shape index (κ3) is 2.08. The van der Waals surface area contributed by atoms with E-state index in [4.69, 9.17) is 4.42 Å². The maximum absolute atomic E-state index is 11.7. The van der Waals surface area contributed by atoms with Crippen molar-refractivity contribution < 1.29 is 14.3 Å². The summed E-state index contributed by atoms with van der Waals surface area (Å²) in [4.78, 5) is 11.7. The van der Waals surface area contributed by atoms with E-state index in [2.05, 4.69) is 21.2 Å². The Labute approximate surface area is 95.8 Å². The van der Waals surface area contributed by atoms with Crippen molar-refractivity contribution in [1.82, 2.24) is 5.32 Å². The zero-order chi connectivity index (χ0) is 10.9. The molecule has 15 heavy (non-hydrogen) atoms. The van der Waals surface area contributed by atoms with Crippen LogP contribution in [0.3, 0.4) is 0 Å². The molecule has 4 nitrogen and oxygen atoms in total. The van der Waals surface area contributed by atoms with Crippen molar-refractivity contribution in [1.29, 1.82) is 0 Å². The fourth-order valence-corrected chi connectivity index (χ4v) is 1.97. The fraction of sp³-hybridized carbons (Fsp3) is 0.500. The minimum Gasteiger partial charge on any atom is -0.444 e. The standard InChI is InChI=1S/C10H12BrNO3/c11-8-3-2-7(15-8)9(14)12-10(6-13)4-1-5-10/h2-3,13H,1,4-6H2,(H,12,14). The quantitative estimate of drug-likeness (QED) is 0.881. The van der Waals surface area contributed by atoms with Gasteiger partial charge in [0.2, 0.25) is 0 Å². The molecule has 0 atom stereocenters. The third-order valence-electron chi connectivity index (χ3n) is 2.79. The summed E-state index contributed by atoms with van der Waals surface area (Å²) in [5.41, 5.74) is -0.420. The average Bonchev–Trinajstić information content (AvgIpc) is 2.58. The van der Waals surface area contributed by atoms with Crippen molar-refractivity contribution in [3.8, 4) is 0 Å². The number of hydrogen-bond donors (Lipinski definition) is 2. The largest absolute Gasteiger partial charge is 0.444 e. The van der Waals surface area contributed by atoms with Gasteiger partial charge in [0.15, 0.2) is 10.4 Å². The van der Waals surface area contributed by atoms with Crippen molar-refractivity contribution in [3.63, 3.8) is 0 Å². The lowest BCUT2D eigenvalue weighted by Crippen LogP contribution is -2.56. The summed E-state index contributed by atoms with van der Waals surface area (Å²) in [6.45, 7) is -0.0133. The second-order valence-corrected chi connectivity index (χ2v) is 4.63. The smallest absolute Gasteiger partial charge is 0.287 e. The van der Waals surface area contributed by atoms with Crippen LogP contribution in [-0.2, 0) is 0 Å². The molecule has 1 aliphatic rings. The molecule has 0 bridgehead atoms. The second-order valence-electron chi connectivity index (χ2n) is 3.85. The predicted molar refractivity (Wildman–Crippen MR) is 57.5 cm³/mol. The molecule has 1 aliphatic carbocycles. The number of aliphatic hydroxyl groups excluding tert-OH is 1. The molecule has 0 unspecified atom stereocenters. The van der Waals surface area contributed by atoms with Crippen LogP contribution in [0.1, 0.15) is 29.8 Å². The van der Waals surface area contributed by atoms with Crippen LogP contribution < -0.4 is 5.32 Å². The molecule has 2 N–H and O–H groups in total. The summed E-state index contributed by atoms with van der Waals surface area (Å²) in [6.07, 6.45) is 2.71. The monoisotopic (exact) mass is 273 g/mol. The van der Waals surface area contributed by atoms with Crippen LogP contribution in [0.25, 0.3) is 0 Å². The number of furan rings is 1. The Morgan fingerprint density at radius 3 is 2.73 bits per heavy atom.